The largest absolute Gasteiger partial charge is 0.339 e. The molecule has 178 valence electrons. The van der Waals surface area contributed by atoms with Crippen molar-refractivity contribution < 1.29 is 17.7 Å². The third kappa shape index (κ3) is 4.50. The maximum atomic E-state index is 13.1. The number of sulfonamides is 1. The zero-order valence-corrected chi connectivity index (χ0v) is 20.0. The molecular weight excluding hydrogens is 452 g/mol. The van der Waals surface area contributed by atoms with Crippen molar-refractivity contribution in [2.45, 2.75) is 43.4 Å². The van der Waals surface area contributed by atoms with Crippen molar-refractivity contribution in [2.24, 2.45) is 0 Å². The summed E-state index contributed by atoms with van der Waals surface area (Å²) in [7, 11) is -3.59. The highest BCUT2D eigenvalue weighted by Crippen LogP contribution is 2.31. The minimum absolute atomic E-state index is 0.0207. The molecule has 9 heteroatoms. The van der Waals surface area contributed by atoms with Gasteiger partial charge in [0.25, 0.3) is 5.91 Å². The summed E-state index contributed by atoms with van der Waals surface area (Å²) < 4.78 is 33.3. The molecule has 1 amide bonds. The molecule has 2 aromatic carbocycles. The average molecular weight is 481 g/mol. The highest BCUT2D eigenvalue weighted by molar-refractivity contribution is 7.89. The second-order valence-corrected chi connectivity index (χ2v) is 11.0. The number of aromatic nitrogens is 2. The van der Waals surface area contributed by atoms with Crippen molar-refractivity contribution in [2.75, 3.05) is 26.2 Å². The van der Waals surface area contributed by atoms with Gasteiger partial charge >= 0.3 is 0 Å². The molecule has 0 aliphatic carbocycles. The lowest BCUT2D eigenvalue weighted by atomic mass is 10.00. The molecular formula is C25H28N4O4S. The van der Waals surface area contributed by atoms with E-state index in [0.29, 0.717) is 47.2 Å². The molecule has 0 radical (unpaired) electrons. The minimum atomic E-state index is -3.59. The summed E-state index contributed by atoms with van der Waals surface area (Å²) in [6, 6.07) is 14.2. The first kappa shape index (κ1) is 22.7. The van der Waals surface area contributed by atoms with Gasteiger partial charge in [-0.15, -0.1) is 0 Å². The molecule has 0 bridgehead atoms. The molecule has 2 fully saturated rings. The fourth-order valence-corrected chi connectivity index (χ4v) is 6.16. The fraction of sp³-hybridized carbons (Fsp3) is 0.400. The van der Waals surface area contributed by atoms with Gasteiger partial charge in [0.05, 0.1) is 10.8 Å². The Bertz CT molecular complexity index is 1280. The molecule has 0 unspecified atom stereocenters. The van der Waals surface area contributed by atoms with E-state index in [1.807, 2.05) is 24.0 Å². The molecule has 0 spiro atoms. The summed E-state index contributed by atoms with van der Waals surface area (Å²) >= 11 is 0. The van der Waals surface area contributed by atoms with Crippen LogP contribution in [0.4, 0.5) is 0 Å². The number of hydrogen-bond donors (Lipinski definition) is 0. The van der Waals surface area contributed by atoms with Gasteiger partial charge in [0.1, 0.15) is 0 Å². The number of piperidine rings is 1. The van der Waals surface area contributed by atoms with Gasteiger partial charge in [-0.05, 0) is 56.9 Å². The number of carbonyl (C=O) groups is 1. The highest BCUT2D eigenvalue weighted by atomic mass is 32.2. The Labute approximate surface area is 199 Å². The maximum absolute atomic E-state index is 13.1. The number of hydrogen-bond acceptors (Lipinski definition) is 6. The Morgan fingerprint density at radius 2 is 1.79 bits per heavy atom. The van der Waals surface area contributed by atoms with Crippen LogP contribution >= 0.6 is 0 Å². The normalized spacial score (nSPS) is 19.4. The van der Waals surface area contributed by atoms with E-state index in [0.717, 1.165) is 37.9 Å². The topological polar surface area (TPSA) is 96.6 Å². The lowest BCUT2D eigenvalue weighted by Crippen LogP contribution is -2.39. The second kappa shape index (κ2) is 9.31. The van der Waals surface area contributed by atoms with Crippen LogP contribution in [0.2, 0.25) is 0 Å². The summed E-state index contributed by atoms with van der Waals surface area (Å²) in [6.45, 7) is 4.27. The first-order valence-electron chi connectivity index (χ1n) is 11.7. The first-order valence-corrected chi connectivity index (χ1v) is 13.2. The molecule has 2 aliphatic heterocycles. The van der Waals surface area contributed by atoms with Crippen LogP contribution in [0.25, 0.3) is 11.4 Å². The van der Waals surface area contributed by atoms with E-state index in [2.05, 4.69) is 10.1 Å². The van der Waals surface area contributed by atoms with Gasteiger partial charge < -0.3 is 9.42 Å². The van der Waals surface area contributed by atoms with Crippen LogP contribution in [0.5, 0.6) is 0 Å². The van der Waals surface area contributed by atoms with Gasteiger partial charge in [-0.3, -0.25) is 4.79 Å². The van der Waals surface area contributed by atoms with Crippen molar-refractivity contribution in [1.29, 1.82) is 0 Å². The van der Waals surface area contributed by atoms with Gasteiger partial charge in [-0.25, -0.2) is 8.42 Å². The Morgan fingerprint density at radius 3 is 2.56 bits per heavy atom. The SMILES string of the molecule is Cc1ccc(S(=O)(=O)N2CCC[C@@H](c3nc(-c4cccc(C(=O)N5CCCC5)c4)no3)C2)cc1. The Hall–Kier alpha value is -3.04. The quantitative estimate of drug-likeness (QED) is 0.550. The molecule has 3 heterocycles. The van der Waals surface area contributed by atoms with Crippen LogP contribution in [0.15, 0.2) is 57.9 Å². The Kier molecular flexibility index (Phi) is 6.22. The molecule has 2 saturated heterocycles. The average Bonchev–Trinajstić information content (AvgIpc) is 3.57. The van der Waals surface area contributed by atoms with Crippen LogP contribution in [-0.4, -0.2) is 59.8 Å². The Balaban J connectivity index is 1.33. The molecule has 3 aromatic rings. The van der Waals surface area contributed by atoms with E-state index >= 15 is 0 Å². The van der Waals surface area contributed by atoms with E-state index in [-0.39, 0.29) is 11.8 Å². The minimum Gasteiger partial charge on any atom is -0.339 e. The Morgan fingerprint density at radius 1 is 1.03 bits per heavy atom. The summed E-state index contributed by atoms with van der Waals surface area (Å²) in [5.74, 6) is 0.677. The summed E-state index contributed by atoms with van der Waals surface area (Å²) in [6.07, 6.45) is 3.57. The predicted octanol–water partition coefficient (Wildman–Crippen LogP) is 3.85. The van der Waals surface area contributed by atoms with Gasteiger partial charge in [-0.2, -0.15) is 9.29 Å². The molecule has 34 heavy (non-hydrogen) atoms. The zero-order valence-electron chi connectivity index (χ0n) is 19.2. The molecule has 5 rings (SSSR count). The van der Waals surface area contributed by atoms with Crippen molar-refractivity contribution in [3.8, 4) is 11.4 Å². The molecule has 1 aromatic heterocycles. The molecule has 1 atom stereocenters. The lowest BCUT2D eigenvalue weighted by Gasteiger charge is -2.30. The van der Waals surface area contributed by atoms with Gasteiger partial charge in [0, 0.05) is 37.3 Å². The van der Waals surface area contributed by atoms with Crippen molar-refractivity contribution in [3.63, 3.8) is 0 Å². The van der Waals surface area contributed by atoms with E-state index in [1.165, 1.54) is 4.31 Å². The smallest absolute Gasteiger partial charge is 0.253 e. The third-order valence-electron chi connectivity index (χ3n) is 6.59. The van der Waals surface area contributed by atoms with Crippen LogP contribution in [0.3, 0.4) is 0 Å². The van der Waals surface area contributed by atoms with Crippen LogP contribution in [-0.2, 0) is 10.0 Å². The van der Waals surface area contributed by atoms with Crippen LogP contribution in [0.1, 0.15) is 53.4 Å². The molecule has 8 nitrogen and oxygen atoms in total. The number of rotatable bonds is 5. The number of likely N-dealkylation sites (tertiary alicyclic amines) is 1. The third-order valence-corrected chi connectivity index (χ3v) is 8.47. The maximum Gasteiger partial charge on any atom is 0.253 e. The first-order chi connectivity index (χ1) is 16.4. The summed E-state index contributed by atoms with van der Waals surface area (Å²) in [5.41, 5.74) is 2.33. The van der Waals surface area contributed by atoms with Crippen LogP contribution in [0, 0.1) is 6.92 Å². The zero-order chi connectivity index (χ0) is 23.7. The number of benzene rings is 2. The summed E-state index contributed by atoms with van der Waals surface area (Å²) in [5, 5.41) is 4.14. The number of aryl methyl sites for hydroxylation is 1. The van der Waals surface area contributed by atoms with Gasteiger partial charge in [-0.1, -0.05) is 35.0 Å². The number of nitrogens with zero attached hydrogens (tertiary/aromatic N) is 4. The van der Waals surface area contributed by atoms with Crippen molar-refractivity contribution in [3.05, 3.63) is 65.5 Å². The predicted molar refractivity (Wildman–Crippen MR) is 127 cm³/mol. The standard InChI is InChI=1S/C25H28N4O4S/c1-18-9-11-22(12-10-18)34(31,32)29-15-5-8-21(17-29)24-26-23(27-33-24)19-6-4-7-20(16-19)25(30)28-13-2-3-14-28/h4,6-7,9-12,16,21H,2-3,5,8,13-15,17H2,1H3/t21-/m1/s1. The number of amides is 1. The highest BCUT2D eigenvalue weighted by Gasteiger charge is 2.33. The van der Waals surface area contributed by atoms with Crippen LogP contribution < -0.4 is 0 Å². The number of carbonyl (C=O) groups excluding carboxylic acids is 1. The molecule has 0 N–H and O–H groups in total. The van der Waals surface area contributed by atoms with Crippen molar-refractivity contribution in [1.82, 2.24) is 19.3 Å². The lowest BCUT2D eigenvalue weighted by molar-refractivity contribution is 0.0793. The van der Waals surface area contributed by atoms with E-state index in [4.69, 9.17) is 4.52 Å². The van der Waals surface area contributed by atoms with Gasteiger partial charge in [0.2, 0.25) is 21.7 Å². The van der Waals surface area contributed by atoms with Gasteiger partial charge in [0.15, 0.2) is 0 Å². The molecule has 0 saturated carbocycles. The second-order valence-electron chi connectivity index (χ2n) is 9.05. The molecule has 2 aliphatic rings. The monoisotopic (exact) mass is 480 g/mol. The van der Waals surface area contributed by atoms with Crippen molar-refractivity contribution >= 4 is 15.9 Å². The fourth-order valence-electron chi connectivity index (χ4n) is 4.63. The van der Waals surface area contributed by atoms with E-state index < -0.39 is 10.0 Å². The summed E-state index contributed by atoms with van der Waals surface area (Å²) in [4.78, 5) is 19.5. The van der Waals surface area contributed by atoms with E-state index in [9.17, 15) is 13.2 Å². The van der Waals surface area contributed by atoms with E-state index in [1.54, 1.807) is 36.4 Å².